The molecular formula is C21H20BrN3O2S. The largest absolute Gasteiger partial charge is 0.370 e. The Bertz CT molecular complexity index is 974. The van der Waals surface area contributed by atoms with Gasteiger partial charge >= 0.3 is 0 Å². The first-order chi connectivity index (χ1) is 13.7. The van der Waals surface area contributed by atoms with Crippen molar-refractivity contribution in [1.82, 2.24) is 14.5 Å². The molecule has 0 N–H and O–H groups in total. The fourth-order valence-electron chi connectivity index (χ4n) is 3.32. The lowest BCUT2D eigenvalue weighted by molar-refractivity contribution is -0.0228. The molecule has 0 bridgehead atoms. The first kappa shape index (κ1) is 19.2. The van der Waals surface area contributed by atoms with Crippen LogP contribution in [0.5, 0.6) is 0 Å². The third kappa shape index (κ3) is 4.01. The number of morpholine rings is 1. The van der Waals surface area contributed by atoms with Crippen LogP contribution in [0.25, 0.3) is 5.69 Å². The van der Waals surface area contributed by atoms with E-state index in [1.54, 1.807) is 18.0 Å². The molecular weight excluding hydrogens is 438 g/mol. The van der Waals surface area contributed by atoms with Gasteiger partial charge in [-0.05, 0) is 42.2 Å². The Kier molecular flexibility index (Phi) is 5.85. The van der Waals surface area contributed by atoms with Crippen LogP contribution in [0.3, 0.4) is 0 Å². The van der Waals surface area contributed by atoms with Gasteiger partial charge in [-0.25, -0.2) is 4.98 Å². The van der Waals surface area contributed by atoms with Gasteiger partial charge in [0.1, 0.15) is 6.10 Å². The van der Waals surface area contributed by atoms with Crippen LogP contribution in [0.2, 0.25) is 0 Å². The summed E-state index contributed by atoms with van der Waals surface area (Å²) in [6, 6.07) is 15.8. The van der Waals surface area contributed by atoms with E-state index in [9.17, 15) is 4.79 Å². The maximum atomic E-state index is 13.1. The molecule has 5 nitrogen and oxygen atoms in total. The van der Waals surface area contributed by atoms with E-state index in [0.717, 1.165) is 20.9 Å². The average Bonchev–Trinajstić information content (AvgIpc) is 3.23. The highest BCUT2D eigenvalue weighted by atomic mass is 79.9. The van der Waals surface area contributed by atoms with Gasteiger partial charge in [-0.2, -0.15) is 0 Å². The lowest BCUT2D eigenvalue weighted by atomic mass is 10.1. The molecule has 0 radical (unpaired) electrons. The zero-order valence-corrected chi connectivity index (χ0v) is 17.8. The SMILES string of the molecule is CSc1nccn1-c1cccc(C(=O)N2CCOC(c3ccc(Br)cc3)C2)c1. The molecule has 1 saturated heterocycles. The van der Waals surface area contributed by atoms with Crippen molar-refractivity contribution < 1.29 is 9.53 Å². The number of carbonyl (C=O) groups excluding carboxylic acids is 1. The average molecular weight is 458 g/mol. The summed E-state index contributed by atoms with van der Waals surface area (Å²) >= 11 is 5.03. The van der Waals surface area contributed by atoms with Crippen molar-refractivity contribution in [1.29, 1.82) is 0 Å². The van der Waals surface area contributed by atoms with Crippen LogP contribution in [-0.2, 0) is 4.74 Å². The molecule has 0 spiro atoms. The Balaban J connectivity index is 1.54. The lowest BCUT2D eigenvalue weighted by Crippen LogP contribution is -2.42. The van der Waals surface area contributed by atoms with Crippen LogP contribution in [-0.4, -0.2) is 46.3 Å². The zero-order valence-electron chi connectivity index (χ0n) is 15.4. The maximum Gasteiger partial charge on any atom is 0.254 e. The molecule has 0 aliphatic carbocycles. The highest BCUT2D eigenvalue weighted by Gasteiger charge is 2.26. The summed E-state index contributed by atoms with van der Waals surface area (Å²) < 4.78 is 8.93. The van der Waals surface area contributed by atoms with Crippen molar-refractivity contribution >= 4 is 33.6 Å². The third-order valence-corrected chi connectivity index (χ3v) is 5.95. The number of nitrogens with zero attached hydrogens (tertiary/aromatic N) is 3. The first-order valence-corrected chi connectivity index (χ1v) is 11.0. The summed E-state index contributed by atoms with van der Waals surface area (Å²) in [4.78, 5) is 19.3. The van der Waals surface area contributed by atoms with Gasteiger partial charge in [0, 0.05) is 34.7 Å². The van der Waals surface area contributed by atoms with Gasteiger partial charge in [-0.3, -0.25) is 9.36 Å². The highest BCUT2D eigenvalue weighted by Crippen LogP contribution is 2.25. The number of ether oxygens (including phenoxy) is 1. The van der Waals surface area contributed by atoms with Gasteiger partial charge in [0.25, 0.3) is 5.91 Å². The van der Waals surface area contributed by atoms with Crippen molar-refractivity contribution in [2.45, 2.75) is 11.3 Å². The number of rotatable bonds is 4. The molecule has 28 heavy (non-hydrogen) atoms. The number of hydrogen-bond acceptors (Lipinski definition) is 4. The van der Waals surface area contributed by atoms with Gasteiger partial charge in [0.2, 0.25) is 0 Å². The third-order valence-electron chi connectivity index (χ3n) is 4.76. The van der Waals surface area contributed by atoms with Crippen LogP contribution in [0.1, 0.15) is 22.0 Å². The van der Waals surface area contributed by atoms with Crippen molar-refractivity contribution in [2.75, 3.05) is 26.0 Å². The molecule has 1 aromatic heterocycles. The fraction of sp³-hybridized carbons (Fsp3) is 0.238. The molecule has 2 heterocycles. The number of imidazole rings is 1. The van der Waals surface area contributed by atoms with Crippen LogP contribution in [0.15, 0.2) is 70.6 Å². The molecule has 1 unspecified atom stereocenters. The normalized spacial score (nSPS) is 16.9. The summed E-state index contributed by atoms with van der Waals surface area (Å²) in [6.45, 7) is 1.67. The van der Waals surface area contributed by atoms with E-state index in [0.29, 0.717) is 25.3 Å². The van der Waals surface area contributed by atoms with Gasteiger partial charge in [0.05, 0.1) is 13.2 Å². The van der Waals surface area contributed by atoms with Crippen molar-refractivity contribution in [3.63, 3.8) is 0 Å². The molecule has 1 amide bonds. The summed E-state index contributed by atoms with van der Waals surface area (Å²) in [5.41, 5.74) is 2.69. The minimum absolute atomic E-state index is 0.0260. The van der Waals surface area contributed by atoms with E-state index < -0.39 is 0 Å². The molecule has 1 aliphatic heterocycles. The number of halogens is 1. The minimum atomic E-state index is -0.106. The van der Waals surface area contributed by atoms with Crippen LogP contribution >= 0.6 is 27.7 Å². The van der Waals surface area contributed by atoms with Crippen LogP contribution < -0.4 is 0 Å². The number of aromatic nitrogens is 2. The molecule has 1 fully saturated rings. The Labute approximate surface area is 176 Å². The smallest absolute Gasteiger partial charge is 0.254 e. The van der Waals surface area contributed by atoms with Gasteiger partial charge in [-0.1, -0.05) is 45.9 Å². The van der Waals surface area contributed by atoms with E-state index in [1.165, 1.54) is 0 Å². The van der Waals surface area contributed by atoms with Crippen molar-refractivity contribution in [3.8, 4) is 5.69 Å². The van der Waals surface area contributed by atoms with Crippen LogP contribution in [0.4, 0.5) is 0 Å². The molecule has 1 atom stereocenters. The number of amides is 1. The summed E-state index contributed by atoms with van der Waals surface area (Å²) in [7, 11) is 0. The Morgan fingerprint density at radius 1 is 1.25 bits per heavy atom. The Morgan fingerprint density at radius 2 is 2.07 bits per heavy atom. The topological polar surface area (TPSA) is 47.4 Å². The minimum Gasteiger partial charge on any atom is -0.370 e. The van der Waals surface area contributed by atoms with Crippen molar-refractivity contribution in [2.24, 2.45) is 0 Å². The highest BCUT2D eigenvalue weighted by molar-refractivity contribution is 9.10. The van der Waals surface area contributed by atoms with E-state index in [4.69, 9.17) is 4.74 Å². The molecule has 3 aromatic rings. The van der Waals surface area contributed by atoms with E-state index in [-0.39, 0.29) is 12.0 Å². The Hall–Kier alpha value is -2.09. The molecule has 7 heteroatoms. The predicted molar refractivity (Wildman–Crippen MR) is 114 cm³/mol. The number of hydrogen-bond donors (Lipinski definition) is 0. The summed E-state index contributed by atoms with van der Waals surface area (Å²) in [5, 5.41) is 0.895. The molecule has 2 aromatic carbocycles. The first-order valence-electron chi connectivity index (χ1n) is 9.00. The zero-order chi connectivity index (χ0) is 19.5. The van der Waals surface area contributed by atoms with Crippen molar-refractivity contribution in [3.05, 3.63) is 76.5 Å². The number of carbonyl (C=O) groups is 1. The van der Waals surface area contributed by atoms with Gasteiger partial charge in [0.15, 0.2) is 5.16 Å². The van der Waals surface area contributed by atoms with E-state index >= 15 is 0 Å². The fourth-order valence-corrected chi connectivity index (χ4v) is 4.12. The van der Waals surface area contributed by atoms with E-state index in [2.05, 4.69) is 20.9 Å². The second-order valence-corrected chi connectivity index (χ2v) is 8.19. The lowest BCUT2D eigenvalue weighted by Gasteiger charge is -2.33. The molecule has 4 rings (SSSR count). The summed E-state index contributed by atoms with van der Waals surface area (Å²) in [5.74, 6) is 0.0260. The number of benzene rings is 2. The standard InChI is InChI=1S/C21H20BrN3O2S/c1-28-21-23-9-10-25(21)18-4-2-3-16(13-18)20(26)24-11-12-27-19(14-24)15-5-7-17(22)8-6-15/h2-10,13,19H,11-12,14H2,1H3. The predicted octanol–water partition coefficient (Wildman–Crippen LogP) is 4.57. The van der Waals surface area contributed by atoms with Gasteiger partial charge < -0.3 is 9.64 Å². The Morgan fingerprint density at radius 3 is 2.86 bits per heavy atom. The molecule has 0 saturated carbocycles. The second kappa shape index (κ2) is 8.51. The number of thioether (sulfide) groups is 1. The molecule has 1 aliphatic rings. The quantitative estimate of drug-likeness (QED) is 0.538. The molecule has 144 valence electrons. The van der Waals surface area contributed by atoms with Gasteiger partial charge in [-0.15, -0.1) is 0 Å². The van der Waals surface area contributed by atoms with E-state index in [1.807, 2.05) is 70.5 Å². The second-order valence-electron chi connectivity index (χ2n) is 6.50. The maximum absolute atomic E-state index is 13.1. The van der Waals surface area contributed by atoms with Crippen LogP contribution in [0, 0.1) is 0 Å². The summed E-state index contributed by atoms with van der Waals surface area (Å²) in [6.07, 6.45) is 5.56. The monoisotopic (exact) mass is 457 g/mol.